The average Bonchev–Trinajstić information content (AvgIpc) is 2.65. The number of hydrogen-bond acceptors (Lipinski definition) is 4. The lowest BCUT2D eigenvalue weighted by molar-refractivity contribution is 0.0920. The van der Waals surface area contributed by atoms with Crippen LogP contribution in [0.5, 0.6) is 5.75 Å². The van der Waals surface area contributed by atoms with E-state index in [0.29, 0.717) is 16.9 Å². The van der Waals surface area contributed by atoms with E-state index in [4.69, 9.17) is 9.15 Å². The second-order valence-electron chi connectivity index (χ2n) is 5.86. The number of rotatable bonds is 6. The lowest BCUT2D eigenvalue weighted by Gasteiger charge is -2.10. The van der Waals surface area contributed by atoms with Crippen molar-refractivity contribution in [1.29, 1.82) is 0 Å². The van der Waals surface area contributed by atoms with Crippen molar-refractivity contribution in [2.24, 2.45) is 0 Å². The van der Waals surface area contributed by atoms with Crippen LogP contribution >= 0.6 is 0 Å². The summed E-state index contributed by atoms with van der Waals surface area (Å²) < 4.78 is 10.8. The summed E-state index contributed by atoms with van der Waals surface area (Å²) in [4.78, 5) is 23.9. The van der Waals surface area contributed by atoms with E-state index in [0.717, 1.165) is 29.4 Å². The molecule has 0 aliphatic carbocycles. The van der Waals surface area contributed by atoms with E-state index < -0.39 is 5.63 Å². The highest BCUT2D eigenvalue weighted by atomic mass is 16.5. The summed E-state index contributed by atoms with van der Waals surface area (Å²) in [6.45, 7) is 4.04. The van der Waals surface area contributed by atoms with Gasteiger partial charge < -0.3 is 9.15 Å². The third-order valence-corrected chi connectivity index (χ3v) is 4.23. The third kappa shape index (κ3) is 3.79. The Balaban J connectivity index is 1.79. The van der Waals surface area contributed by atoms with Gasteiger partial charge >= 0.3 is 5.63 Å². The molecule has 0 aliphatic rings. The maximum Gasteiger partial charge on any atom is 0.336 e. The van der Waals surface area contributed by atoms with Crippen LogP contribution in [0.1, 0.15) is 35.3 Å². The van der Waals surface area contributed by atoms with Gasteiger partial charge in [-0.1, -0.05) is 26.0 Å². The SMILES string of the molecule is CCc1ccc(CC)c(C(=O)COc2ccc3ccc(=O)oc3c2)c1. The highest BCUT2D eigenvalue weighted by Crippen LogP contribution is 2.20. The molecule has 128 valence electrons. The topological polar surface area (TPSA) is 56.5 Å². The Morgan fingerprint density at radius 2 is 1.80 bits per heavy atom. The van der Waals surface area contributed by atoms with E-state index in [1.165, 1.54) is 6.07 Å². The van der Waals surface area contributed by atoms with Crippen molar-refractivity contribution >= 4 is 16.8 Å². The van der Waals surface area contributed by atoms with E-state index in [2.05, 4.69) is 13.0 Å². The molecular formula is C21H20O4. The van der Waals surface area contributed by atoms with Crippen LogP contribution in [-0.4, -0.2) is 12.4 Å². The lowest BCUT2D eigenvalue weighted by atomic mass is 9.98. The molecule has 0 atom stereocenters. The molecule has 4 nitrogen and oxygen atoms in total. The molecule has 1 heterocycles. The normalized spacial score (nSPS) is 10.8. The Bertz CT molecular complexity index is 969. The first-order valence-electron chi connectivity index (χ1n) is 8.42. The van der Waals surface area contributed by atoms with Gasteiger partial charge in [-0.25, -0.2) is 4.79 Å². The highest BCUT2D eigenvalue weighted by molar-refractivity contribution is 5.98. The maximum absolute atomic E-state index is 12.6. The van der Waals surface area contributed by atoms with Crippen molar-refractivity contribution in [3.8, 4) is 5.75 Å². The highest BCUT2D eigenvalue weighted by Gasteiger charge is 2.12. The number of aryl methyl sites for hydroxylation is 2. The molecule has 0 amide bonds. The summed E-state index contributed by atoms with van der Waals surface area (Å²) in [6, 6.07) is 14.3. The van der Waals surface area contributed by atoms with Crippen LogP contribution in [0.25, 0.3) is 11.0 Å². The van der Waals surface area contributed by atoms with Gasteiger partial charge in [0.1, 0.15) is 11.3 Å². The molecule has 0 N–H and O–H groups in total. The Labute approximate surface area is 146 Å². The monoisotopic (exact) mass is 336 g/mol. The molecule has 4 heteroatoms. The van der Waals surface area contributed by atoms with Gasteiger partial charge in [0.25, 0.3) is 0 Å². The predicted molar refractivity (Wildman–Crippen MR) is 97.5 cm³/mol. The van der Waals surface area contributed by atoms with Crippen molar-refractivity contribution in [2.45, 2.75) is 26.7 Å². The number of fused-ring (bicyclic) bond motifs is 1. The molecule has 0 saturated heterocycles. The molecule has 3 rings (SSSR count). The number of ether oxygens (including phenoxy) is 1. The number of carbonyl (C=O) groups is 1. The van der Waals surface area contributed by atoms with Crippen molar-refractivity contribution in [2.75, 3.05) is 6.61 Å². The summed E-state index contributed by atoms with van der Waals surface area (Å²) in [5.74, 6) is 0.446. The number of ketones is 1. The molecule has 2 aromatic carbocycles. The van der Waals surface area contributed by atoms with Crippen LogP contribution in [0.3, 0.4) is 0 Å². The summed E-state index contributed by atoms with van der Waals surface area (Å²) in [5.41, 5.74) is 2.90. The first-order chi connectivity index (χ1) is 12.1. The summed E-state index contributed by atoms with van der Waals surface area (Å²) in [7, 11) is 0. The first-order valence-corrected chi connectivity index (χ1v) is 8.42. The number of benzene rings is 2. The molecule has 0 bridgehead atoms. The Morgan fingerprint density at radius 3 is 2.56 bits per heavy atom. The zero-order valence-electron chi connectivity index (χ0n) is 14.4. The van der Waals surface area contributed by atoms with Crippen molar-refractivity contribution in [3.05, 3.63) is 75.6 Å². The van der Waals surface area contributed by atoms with E-state index >= 15 is 0 Å². The molecule has 0 unspecified atom stereocenters. The van der Waals surface area contributed by atoms with E-state index in [-0.39, 0.29) is 12.4 Å². The molecule has 1 aromatic heterocycles. The van der Waals surface area contributed by atoms with Gasteiger partial charge in [-0.2, -0.15) is 0 Å². The summed E-state index contributed by atoms with van der Waals surface area (Å²) in [5, 5.41) is 0.808. The standard InChI is InChI=1S/C21H20O4/c1-3-14-5-6-15(4-2)18(11-14)19(22)13-24-17-9-7-16-8-10-21(23)25-20(16)12-17/h5-12H,3-4,13H2,1-2H3. The quantitative estimate of drug-likeness (QED) is 0.500. The fourth-order valence-electron chi connectivity index (χ4n) is 2.77. The lowest BCUT2D eigenvalue weighted by Crippen LogP contribution is -2.14. The van der Waals surface area contributed by atoms with Gasteiger partial charge in [0.15, 0.2) is 12.4 Å². The minimum absolute atomic E-state index is 0.0528. The summed E-state index contributed by atoms with van der Waals surface area (Å²) in [6.07, 6.45) is 1.68. The van der Waals surface area contributed by atoms with Crippen molar-refractivity contribution in [3.63, 3.8) is 0 Å². The second-order valence-corrected chi connectivity index (χ2v) is 5.86. The fourth-order valence-corrected chi connectivity index (χ4v) is 2.77. The van der Waals surface area contributed by atoms with Gasteiger partial charge in [-0.05, 0) is 48.2 Å². The molecule has 0 saturated carbocycles. The fraction of sp³-hybridized carbons (Fsp3) is 0.238. The van der Waals surface area contributed by atoms with Crippen LogP contribution in [0, 0.1) is 0 Å². The first kappa shape index (κ1) is 17.0. The van der Waals surface area contributed by atoms with Crippen LogP contribution < -0.4 is 10.4 Å². The smallest absolute Gasteiger partial charge is 0.336 e. The minimum atomic E-state index is -0.412. The van der Waals surface area contributed by atoms with Crippen LogP contribution in [0.4, 0.5) is 0 Å². The Kier molecular flexibility index (Phi) is 4.98. The summed E-state index contributed by atoms with van der Waals surface area (Å²) >= 11 is 0. The van der Waals surface area contributed by atoms with Crippen molar-refractivity contribution in [1.82, 2.24) is 0 Å². The van der Waals surface area contributed by atoms with E-state index in [1.807, 2.05) is 19.1 Å². The predicted octanol–water partition coefficient (Wildman–Crippen LogP) is 4.18. The molecule has 0 fully saturated rings. The molecule has 0 radical (unpaired) electrons. The van der Waals surface area contributed by atoms with Gasteiger partial charge in [0.05, 0.1) is 0 Å². The van der Waals surface area contributed by atoms with Crippen LogP contribution in [0.15, 0.2) is 57.7 Å². The van der Waals surface area contributed by atoms with Gasteiger partial charge in [-0.3, -0.25) is 4.79 Å². The zero-order valence-corrected chi connectivity index (χ0v) is 14.4. The zero-order chi connectivity index (χ0) is 17.8. The number of carbonyl (C=O) groups excluding carboxylic acids is 1. The molecule has 3 aromatic rings. The molecule has 0 aliphatic heterocycles. The molecule has 0 spiro atoms. The minimum Gasteiger partial charge on any atom is -0.485 e. The Morgan fingerprint density at radius 1 is 1.00 bits per heavy atom. The average molecular weight is 336 g/mol. The van der Waals surface area contributed by atoms with E-state index in [1.54, 1.807) is 24.3 Å². The number of Topliss-reactive ketones (excluding diaryl/α,β-unsaturated/α-hetero) is 1. The molecule has 25 heavy (non-hydrogen) atoms. The van der Waals surface area contributed by atoms with Gasteiger partial charge in [-0.15, -0.1) is 0 Å². The maximum atomic E-state index is 12.6. The van der Waals surface area contributed by atoms with Crippen LogP contribution in [0.2, 0.25) is 0 Å². The van der Waals surface area contributed by atoms with Crippen molar-refractivity contribution < 1.29 is 13.9 Å². The Hall–Kier alpha value is -2.88. The third-order valence-electron chi connectivity index (χ3n) is 4.23. The van der Waals surface area contributed by atoms with Gasteiger partial charge in [0.2, 0.25) is 0 Å². The molecular weight excluding hydrogens is 316 g/mol. The number of hydrogen-bond donors (Lipinski definition) is 0. The van der Waals surface area contributed by atoms with Gasteiger partial charge in [0, 0.05) is 23.1 Å². The van der Waals surface area contributed by atoms with Crippen LogP contribution in [-0.2, 0) is 12.8 Å². The largest absolute Gasteiger partial charge is 0.485 e. The second kappa shape index (κ2) is 7.34. The van der Waals surface area contributed by atoms with E-state index in [9.17, 15) is 9.59 Å².